The Bertz CT molecular complexity index is 275. The molecule has 1 rings (SSSR count). The summed E-state index contributed by atoms with van der Waals surface area (Å²) >= 11 is 1.74. The van der Waals surface area contributed by atoms with Gasteiger partial charge in [-0.3, -0.25) is 0 Å². The molecule has 0 fully saturated rings. The Kier molecular flexibility index (Phi) is 5.83. The van der Waals surface area contributed by atoms with Crippen LogP contribution in [0.5, 0.6) is 0 Å². The van der Waals surface area contributed by atoms with E-state index in [1.165, 1.54) is 5.01 Å². The molecule has 0 amide bonds. The van der Waals surface area contributed by atoms with E-state index >= 15 is 0 Å². The first kappa shape index (κ1) is 12.6. The second-order valence-electron chi connectivity index (χ2n) is 3.65. The Morgan fingerprint density at radius 2 is 2.40 bits per heavy atom. The highest BCUT2D eigenvalue weighted by atomic mass is 32.1. The minimum Gasteiger partial charge on any atom is -0.383 e. The lowest BCUT2D eigenvalue weighted by atomic mass is 10.2. The highest BCUT2D eigenvalue weighted by molar-refractivity contribution is 7.09. The molecular weight excluding hydrogens is 208 g/mol. The number of nitrogens with zero attached hydrogens (tertiary/aromatic N) is 1. The predicted octanol–water partition coefficient (Wildman–Crippen LogP) is 2.01. The van der Waals surface area contributed by atoms with Crippen molar-refractivity contribution in [2.45, 2.75) is 32.7 Å². The molecule has 0 radical (unpaired) electrons. The van der Waals surface area contributed by atoms with Crippen molar-refractivity contribution in [3.8, 4) is 0 Å². The number of hydrogen-bond acceptors (Lipinski definition) is 4. The summed E-state index contributed by atoms with van der Waals surface area (Å²) in [6.45, 7) is 5.97. The molecular formula is C11H20N2OS. The number of hydrogen-bond donors (Lipinski definition) is 1. The molecule has 0 saturated heterocycles. The number of rotatable bonds is 7. The normalized spacial score (nSPS) is 13.0. The first-order valence-electron chi connectivity index (χ1n) is 5.39. The molecule has 0 aliphatic heterocycles. The summed E-state index contributed by atoms with van der Waals surface area (Å²) in [7, 11) is 1.74. The topological polar surface area (TPSA) is 34.1 Å². The third-order valence-electron chi connectivity index (χ3n) is 2.30. The lowest BCUT2D eigenvalue weighted by Gasteiger charge is -2.14. The molecule has 0 aliphatic carbocycles. The zero-order valence-electron chi connectivity index (χ0n) is 9.75. The summed E-state index contributed by atoms with van der Waals surface area (Å²) in [6, 6.07) is 0.469. The van der Waals surface area contributed by atoms with E-state index < -0.39 is 0 Å². The van der Waals surface area contributed by atoms with Gasteiger partial charge in [-0.05, 0) is 13.3 Å². The molecule has 0 bridgehead atoms. The Hall–Kier alpha value is -0.450. The van der Waals surface area contributed by atoms with E-state index in [0.29, 0.717) is 6.04 Å². The minimum atomic E-state index is 0.469. The Morgan fingerprint density at radius 1 is 1.60 bits per heavy atom. The van der Waals surface area contributed by atoms with Gasteiger partial charge in [0.05, 0.1) is 11.6 Å². The van der Waals surface area contributed by atoms with E-state index in [-0.39, 0.29) is 0 Å². The third-order valence-corrected chi connectivity index (χ3v) is 3.33. The monoisotopic (exact) mass is 228 g/mol. The lowest BCUT2D eigenvalue weighted by Crippen LogP contribution is -2.33. The third kappa shape index (κ3) is 4.73. The van der Waals surface area contributed by atoms with Crippen LogP contribution in [0.2, 0.25) is 0 Å². The van der Waals surface area contributed by atoms with Crippen molar-refractivity contribution in [2.75, 3.05) is 20.3 Å². The van der Waals surface area contributed by atoms with E-state index in [1.807, 2.05) is 6.92 Å². The van der Waals surface area contributed by atoms with Crippen LogP contribution in [0.25, 0.3) is 0 Å². The Labute approximate surface area is 95.9 Å². The van der Waals surface area contributed by atoms with Crippen LogP contribution in [0.15, 0.2) is 5.38 Å². The molecule has 4 heteroatoms. The molecule has 15 heavy (non-hydrogen) atoms. The largest absolute Gasteiger partial charge is 0.383 e. The van der Waals surface area contributed by atoms with Crippen LogP contribution in [0.3, 0.4) is 0 Å². The van der Waals surface area contributed by atoms with Gasteiger partial charge in [-0.25, -0.2) is 4.98 Å². The molecule has 0 saturated carbocycles. The molecule has 1 atom stereocenters. The second kappa shape index (κ2) is 6.93. The van der Waals surface area contributed by atoms with Crippen molar-refractivity contribution in [2.24, 2.45) is 0 Å². The van der Waals surface area contributed by atoms with Gasteiger partial charge in [0, 0.05) is 37.2 Å². The van der Waals surface area contributed by atoms with Crippen molar-refractivity contribution >= 4 is 11.3 Å². The van der Waals surface area contributed by atoms with Crippen LogP contribution in [0.4, 0.5) is 0 Å². The van der Waals surface area contributed by atoms with Crippen LogP contribution >= 0.6 is 11.3 Å². The molecule has 3 nitrogen and oxygen atoms in total. The minimum absolute atomic E-state index is 0.469. The van der Waals surface area contributed by atoms with Gasteiger partial charge in [0.25, 0.3) is 0 Å². The van der Waals surface area contributed by atoms with E-state index in [1.54, 1.807) is 18.4 Å². The van der Waals surface area contributed by atoms with Crippen molar-refractivity contribution < 1.29 is 4.74 Å². The van der Waals surface area contributed by atoms with Gasteiger partial charge in [-0.15, -0.1) is 11.3 Å². The van der Waals surface area contributed by atoms with Crippen LogP contribution in [0, 0.1) is 6.92 Å². The molecule has 0 aromatic carbocycles. The van der Waals surface area contributed by atoms with Crippen LogP contribution in [-0.2, 0) is 11.2 Å². The smallest absolute Gasteiger partial charge is 0.0940 e. The zero-order chi connectivity index (χ0) is 11.1. The summed E-state index contributed by atoms with van der Waals surface area (Å²) < 4.78 is 5.13. The van der Waals surface area contributed by atoms with Gasteiger partial charge in [0.15, 0.2) is 0 Å². The summed E-state index contributed by atoms with van der Waals surface area (Å²) in [4.78, 5) is 4.43. The van der Waals surface area contributed by atoms with Gasteiger partial charge in [0.1, 0.15) is 0 Å². The van der Waals surface area contributed by atoms with E-state index in [2.05, 4.69) is 22.6 Å². The lowest BCUT2D eigenvalue weighted by molar-refractivity contribution is 0.165. The van der Waals surface area contributed by atoms with Gasteiger partial charge in [-0.1, -0.05) is 6.92 Å². The molecule has 1 aromatic rings. The fourth-order valence-corrected chi connectivity index (χ4v) is 2.20. The fraction of sp³-hybridized carbons (Fsp3) is 0.727. The maximum atomic E-state index is 5.13. The van der Waals surface area contributed by atoms with Crippen LogP contribution in [-0.4, -0.2) is 31.3 Å². The van der Waals surface area contributed by atoms with Crippen molar-refractivity contribution in [1.82, 2.24) is 10.3 Å². The Morgan fingerprint density at radius 3 is 2.93 bits per heavy atom. The molecule has 1 aromatic heterocycles. The number of thiazole rings is 1. The van der Waals surface area contributed by atoms with Gasteiger partial charge < -0.3 is 10.1 Å². The van der Waals surface area contributed by atoms with Crippen LogP contribution in [0.1, 0.15) is 24.0 Å². The number of aryl methyl sites for hydroxylation is 1. The summed E-state index contributed by atoms with van der Waals surface area (Å²) in [5.41, 5.74) is 1.12. The summed E-state index contributed by atoms with van der Waals surface area (Å²) in [5, 5.41) is 6.78. The molecule has 86 valence electrons. The average molecular weight is 228 g/mol. The van der Waals surface area contributed by atoms with Crippen molar-refractivity contribution in [1.29, 1.82) is 0 Å². The average Bonchev–Trinajstić information content (AvgIpc) is 2.63. The number of ether oxygens (including phenoxy) is 1. The van der Waals surface area contributed by atoms with Crippen molar-refractivity contribution in [3.05, 3.63) is 16.1 Å². The quantitative estimate of drug-likeness (QED) is 0.775. The number of nitrogens with one attached hydrogen (secondary N) is 1. The first-order chi connectivity index (χ1) is 7.26. The highest BCUT2D eigenvalue weighted by Gasteiger charge is 2.05. The SMILES string of the molecule is CCC(COC)NCCc1nc(C)cs1. The molecule has 1 unspecified atom stereocenters. The van der Waals surface area contributed by atoms with E-state index in [9.17, 15) is 0 Å². The zero-order valence-corrected chi connectivity index (χ0v) is 10.6. The molecule has 1 heterocycles. The maximum Gasteiger partial charge on any atom is 0.0940 e. The number of methoxy groups -OCH3 is 1. The van der Waals surface area contributed by atoms with Gasteiger partial charge in [-0.2, -0.15) is 0 Å². The van der Waals surface area contributed by atoms with E-state index in [0.717, 1.165) is 31.7 Å². The summed E-state index contributed by atoms with van der Waals surface area (Å²) in [6.07, 6.45) is 2.11. The molecule has 1 N–H and O–H groups in total. The van der Waals surface area contributed by atoms with Crippen molar-refractivity contribution in [3.63, 3.8) is 0 Å². The van der Waals surface area contributed by atoms with Crippen LogP contribution < -0.4 is 5.32 Å². The van der Waals surface area contributed by atoms with E-state index in [4.69, 9.17) is 4.74 Å². The van der Waals surface area contributed by atoms with Gasteiger partial charge >= 0.3 is 0 Å². The first-order valence-corrected chi connectivity index (χ1v) is 6.27. The highest BCUT2D eigenvalue weighted by Crippen LogP contribution is 2.08. The predicted molar refractivity (Wildman–Crippen MR) is 64.5 cm³/mol. The second-order valence-corrected chi connectivity index (χ2v) is 4.59. The Balaban J connectivity index is 2.20. The maximum absolute atomic E-state index is 5.13. The summed E-state index contributed by atoms with van der Waals surface area (Å²) in [5.74, 6) is 0. The van der Waals surface area contributed by atoms with Gasteiger partial charge in [0.2, 0.25) is 0 Å². The molecule has 0 spiro atoms. The standard InChI is InChI=1S/C11H20N2OS/c1-4-10(7-14-3)12-6-5-11-13-9(2)8-15-11/h8,10,12H,4-7H2,1-3H3. The fourth-order valence-electron chi connectivity index (χ4n) is 1.42. The number of aromatic nitrogens is 1. The molecule has 0 aliphatic rings.